The van der Waals surface area contributed by atoms with E-state index in [1.54, 1.807) is 0 Å². The Kier molecular flexibility index (Phi) is 9.48. The average molecular weight is 347 g/mol. The molecular weight excluding hydrogens is 312 g/mol. The van der Waals surface area contributed by atoms with E-state index in [0.717, 1.165) is 45.6 Å². The van der Waals surface area contributed by atoms with Crippen molar-refractivity contribution in [2.75, 3.05) is 32.8 Å². The lowest BCUT2D eigenvalue weighted by molar-refractivity contribution is -0.132. The molecule has 0 aromatic rings. The van der Waals surface area contributed by atoms with Crippen LogP contribution in [0.1, 0.15) is 52.9 Å². The fourth-order valence-electron chi connectivity index (χ4n) is 3.50. The molecule has 5 heteroatoms. The third kappa shape index (κ3) is 6.98. The van der Waals surface area contributed by atoms with Crippen molar-refractivity contribution >= 4 is 18.3 Å². The molecule has 23 heavy (non-hydrogen) atoms. The minimum Gasteiger partial charge on any atom is -0.376 e. The maximum absolute atomic E-state index is 12.5. The van der Waals surface area contributed by atoms with Crippen LogP contribution >= 0.6 is 12.4 Å². The van der Waals surface area contributed by atoms with E-state index >= 15 is 0 Å². The van der Waals surface area contributed by atoms with Crippen LogP contribution in [-0.4, -0.2) is 49.7 Å². The number of carbonyl (C=O) groups excluding carboxylic acids is 1. The highest BCUT2D eigenvalue weighted by atomic mass is 35.5. The first kappa shape index (κ1) is 20.7. The fourth-order valence-corrected chi connectivity index (χ4v) is 3.50. The number of carbonyl (C=O) groups is 1. The lowest BCUT2D eigenvalue weighted by atomic mass is 9.85. The summed E-state index contributed by atoms with van der Waals surface area (Å²) in [5.41, 5.74) is 0. The molecule has 2 rings (SSSR count). The molecule has 1 amide bonds. The van der Waals surface area contributed by atoms with Crippen LogP contribution in [-0.2, 0) is 9.53 Å². The molecule has 0 bridgehead atoms. The maximum atomic E-state index is 12.5. The minimum atomic E-state index is 0. The van der Waals surface area contributed by atoms with Gasteiger partial charge in [0.2, 0.25) is 5.91 Å². The van der Waals surface area contributed by atoms with Crippen molar-refractivity contribution in [2.24, 2.45) is 17.8 Å². The molecule has 3 atom stereocenters. The van der Waals surface area contributed by atoms with E-state index in [2.05, 4.69) is 26.1 Å². The molecule has 0 aromatic carbocycles. The van der Waals surface area contributed by atoms with E-state index < -0.39 is 0 Å². The number of amides is 1. The monoisotopic (exact) mass is 346 g/mol. The van der Waals surface area contributed by atoms with Gasteiger partial charge in [0.1, 0.15) is 0 Å². The number of halogens is 1. The van der Waals surface area contributed by atoms with Gasteiger partial charge in [-0.15, -0.1) is 12.4 Å². The molecule has 2 aliphatic rings. The third-order valence-corrected chi connectivity index (χ3v) is 5.18. The summed E-state index contributed by atoms with van der Waals surface area (Å²) in [6.45, 7) is 11.4. The second kappa shape index (κ2) is 10.5. The van der Waals surface area contributed by atoms with Gasteiger partial charge in [0.05, 0.1) is 6.10 Å². The van der Waals surface area contributed by atoms with Crippen LogP contribution in [0, 0.1) is 17.8 Å². The Bertz CT molecular complexity index is 346. The van der Waals surface area contributed by atoms with Crippen molar-refractivity contribution in [3.05, 3.63) is 0 Å². The van der Waals surface area contributed by atoms with Gasteiger partial charge >= 0.3 is 0 Å². The van der Waals surface area contributed by atoms with Crippen LogP contribution in [0.5, 0.6) is 0 Å². The molecule has 4 nitrogen and oxygen atoms in total. The second-order valence-electron chi connectivity index (χ2n) is 7.59. The zero-order chi connectivity index (χ0) is 15.9. The van der Waals surface area contributed by atoms with Gasteiger partial charge in [-0.25, -0.2) is 0 Å². The topological polar surface area (TPSA) is 41.6 Å². The SMILES string of the molecule is CC(C)CCOC1CCN(C(=O)CC(C)C2CCCNC2)C1.Cl. The van der Waals surface area contributed by atoms with Crippen LogP contribution in [0.15, 0.2) is 0 Å². The normalized spacial score (nSPS) is 26.2. The van der Waals surface area contributed by atoms with Gasteiger partial charge in [0.25, 0.3) is 0 Å². The third-order valence-electron chi connectivity index (χ3n) is 5.18. The van der Waals surface area contributed by atoms with Crippen LogP contribution in [0.2, 0.25) is 0 Å². The van der Waals surface area contributed by atoms with Crippen molar-refractivity contribution < 1.29 is 9.53 Å². The fraction of sp³-hybridized carbons (Fsp3) is 0.944. The minimum absolute atomic E-state index is 0. The van der Waals surface area contributed by atoms with E-state index in [-0.39, 0.29) is 18.5 Å². The molecule has 2 aliphatic heterocycles. The molecule has 0 spiro atoms. The highest BCUT2D eigenvalue weighted by Crippen LogP contribution is 2.24. The zero-order valence-corrected chi connectivity index (χ0v) is 15.9. The summed E-state index contributed by atoms with van der Waals surface area (Å²) in [4.78, 5) is 14.5. The van der Waals surface area contributed by atoms with Gasteiger partial charge in [-0.2, -0.15) is 0 Å². The molecule has 0 radical (unpaired) electrons. The van der Waals surface area contributed by atoms with Gasteiger partial charge < -0.3 is 15.0 Å². The maximum Gasteiger partial charge on any atom is 0.222 e. The Morgan fingerprint density at radius 3 is 2.74 bits per heavy atom. The average Bonchev–Trinajstić information content (AvgIpc) is 2.96. The lowest BCUT2D eigenvalue weighted by Gasteiger charge is -2.29. The molecule has 1 N–H and O–H groups in total. The van der Waals surface area contributed by atoms with Crippen molar-refractivity contribution in [3.8, 4) is 0 Å². The first-order valence-electron chi connectivity index (χ1n) is 9.16. The zero-order valence-electron chi connectivity index (χ0n) is 15.1. The Labute approximate surface area is 148 Å². The van der Waals surface area contributed by atoms with Crippen molar-refractivity contribution in [2.45, 2.75) is 59.0 Å². The molecule has 136 valence electrons. The first-order valence-corrected chi connectivity index (χ1v) is 9.16. The van der Waals surface area contributed by atoms with Crippen LogP contribution < -0.4 is 5.32 Å². The second-order valence-corrected chi connectivity index (χ2v) is 7.59. The summed E-state index contributed by atoms with van der Waals surface area (Å²) in [5.74, 6) is 2.16. The number of nitrogens with one attached hydrogen (secondary N) is 1. The molecule has 3 unspecified atom stereocenters. The van der Waals surface area contributed by atoms with Gasteiger partial charge in [-0.1, -0.05) is 20.8 Å². The number of piperidine rings is 1. The van der Waals surface area contributed by atoms with E-state index in [4.69, 9.17) is 4.74 Å². The van der Waals surface area contributed by atoms with Gasteiger partial charge in [-0.3, -0.25) is 4.79 Å². The first-order chi connectivity index (χ1) is 10.6. The molecule has 2 saturated heterocycles. The highest BCUT2D eigenvalue weighted by Gasteiger charge is 2.29. The Morgan fingerprint density at radius 1 is 1.30 bits per heavy atom. The summed E-state index contributed by atoms with van der Waals surface area (Å²) in [7, 11) is 0. The lowest BCUT2D eigenvalue weighted by Crippen LogP contribution is -2.37. The Balaban J connectivity index is 0.00000264. The summed E-state index contributed by atoms with van der Waals surface area (Å²) in [6.07, 6.45) is 5.58. The largest absolute Gasteiger partial charge is 0.376 e. The molecule has 2 fully saturated rings. The summed E-state index contributed by atoms with van der Waals surface area (Å²) in [5, 5.41) is 3.45. The highest BCUT2D eigenvalue weighted by molar-refractivity contribution is 5.85. The molecule has 0 aromatic heterocycles. The summed E-state index contributed by atoms with van der Waals surface area (Å²) >= 11 is 0. The van der Waals surface area contributed by atoms with E-state index in [0.29, 0.717) is 30.1 Å². The number of ether oxygens (including phenoxy) is 1. The van der Waals surface area contributed by atoms with Crippen LogP contribution in [0.3, 0.4) is 0 Å². The van der Waals surface area contributed by atoms with E-state index in [9.17, 15) is 4.79 Å². The predicted molar refractivity (Wildman–Crippen MR) is 97.0 cm³/mol. The predicted octanol–water partition coefficient (Wildman–Crippen LogP) is 3.10. The van der Waals surface area contributed by atoms with Gasteiger partial charge in [0.15, 0.2) is 0 Å². The van der Waals surface area contributed by atoms with Gasteiger partial charge in [0, 0.05) is 26.1 Å². The van der Waals surface area contributed by atoms with E-state index in [1.807, 2.05) is 4.90 Å². The number of hydrogen-bond donors (Lipinski definition) is 1. The smallest absolute Gasteiger partial charge is 0.222 e. The van der Waals surface area contributed by atoms with Crippen LogP contribution in [0.25, 0.3) is 0 Å². The number of hydrogen-bond acceptors (Lipinski definition) is 3. The number of rotatable bonds is 7. The molecule has 0 aliphatic carbocycles. The molecule has 2 heterocycles. The molecular formula is C18H35ClN2O2. The van der Waals surface area contributed by atoms with Crippen molar-refractivity contribution in [1.29, 1.82) is 0 Å². The van der Waals surface area contributed by atoms with Crippen molar-refractivity contribution in [1.82, 2.24) is 10.2 Å². The van der Waals surface area contributed by atoms with Crippen LogP contribution in [0.4, 0.5) is 0 Å². The standard InChI is InChI=1S/C18H34N2O2.ClH/c1-14(2)7-10-22-17-6-9-20(13-17)18(21)11-15(3)16-5-4-8-19-12-16;/h14-17,19H,4-13H2,1-3H3;1H. The number of likely N-dealkylation sites (tertiary alicyclic amines) is 1. The van der Waals surface area contributed by atoms with Crippen molar-refractivity contribution in [3.63, 3.8) is 0 Å². The van der Waals surface area contributed by atoms with Gasteiger partial charge in [-0.05, 0) is 56.5 Å². The number of nitrogens with zero attached hydrogens (tertiary/aromatic N) is 1. The van der Waals surface area contributed by atoms with E-state index in [1.165, 1.54) is 12.8 Å². The Morgan fingerprint density at radius 2 is 2.09 bits per heavy atom. The summed E-state index contributed by atoms with van der Waals surface area (Å²) in [6, 6.07) is 0. The Hall–Kier alpha value is -0.320. The summed E-state index contributed by atoms with van der Waals surface area (Å²) < 4.78 is 5.91. The quantitative estimate of drug-likeness (QED) is 0.770. The molecule has 0 saturated carbocycles.